The minimum atomic E-state index is -0.236. The minimum Gasteiger partial charge on any atom is -0.488 e. The Hall–Kier alpha value is -4.66. The summed E-state index contributed by atoms with van der Waals surface area (Å²) >= 11 is 0. The van der Waals surface area contributed by atoms with Crippen LogP contribution in [0.3, 0.4) is 0 Å². The van der Waals surface area contributed by atoms with Crippen LogP contribution in [0.2, 0.25) is 0 Å². The highest BCUT2D eigenvalue weighted by Gasteiger charge is 2.13. The monoisotopic (exact) mass is 522 g/mol. The Morgan fingerprint density at radius 2 is 0.700 bits per heavy atom. The van der Waals surface area contributed by atoms with E-state index in [1.807, 2.05) is 90.1 Å². The molecule has 0 unspecified atom stereocenters. The molecule has 0 bridgehead atoms. The van der Waals surface area contributed by atoms with Crippen molar-refractivity contribution in [2.24, 2.45) is 0 Å². The third-order valence-corrected chi connectivity index (χ3v) is 6.15. The van der Waals surface area contributed by atoms with E-state index in [1.54, 1.807) is 0 Å². The molecule has 198 valence electrons. The third-order valence-electron chi connectivity index (χ3n) is 6.15. The molecule has 0 spiro atoms. The summed E-state index contributed by atoms with van der Waals surface area (Å²) in [5, 5.41) is 4.39. The van der Waals surface area contributed by atoms with Crippen molar-refractivity contribution in [3.05, 3.63) is 119 Å². The molecule has 5 rings (SSSR count). The van der Waals surface area contributed by atoms with Crippen molar-refractivity contribution in [3.63, 3.8) is 0 Å². The lowest BCUT2D eigenvalue weighted by atomic mass is 9.92. The third kappa shape index (κ3) is 6.48. The molecule has 0 aliphatic rings. The zero-order chi connectivity index (χ0) is 28.3. The van der Waals surface area contributed by atoms with Gasteiger partial charge >= 0.3 is 0 Å². The Kier molecular flexibility index (Phi) is 7.30. The second kappa shape index (κ2) is 10.8. The molecule has 0 N–H and O–H groups in total. The largest absolute Gasteiger partial charge is 0.488 e. The summed E-state index contributed by atoms with van der Waals surface area (Å²) in [6.45, 7) is 12.3. The van der Waals surface area contributed by atoms with Crippen LogP contribution < -0.4 is 9.47 Å². The zero-order valence-corrected chi connectivity index (χ0v) is 24.1. The second-order valence-corrected chi connectivity index (χ2v) is 11.8. The maximum Gasteiger partial charge on any atom is 0.120 e. The summed E-state index contributed by atoms with van der Waals surface area (Å²) in [6, 6.07) is 32.7. The van der Waals surface area contributed by atoms with Crippen LogP contribution in [0.15, 0.2) is 97.1 Å². The first kappa shape index (κ1) is 26.9. The number of hydrogen-bond donors (Lipinski definition) is 0. The molecule has 40 heavy (non-hydrogen) atoms. The van der Waals surface area contributed by atoms with Gasteiger partial charge in [0.25, 0.3) is 0 Å². The predicted octanol–water partition coefficient (Wildman–Crippen LogP) is 9.15. The molecule has 0 aliphatic carbocycles. The highest BCUT2D eigenvalue weighted by molar-refractivity contribution is 6.09. The molecular formula is C38H34O2. The quantitative estimate of drug-likeness (QED) is 0.170. The highest BCUT2D eigenvalue weighted by atomic mass is 16.5. The first-order valence-corrected chi connectivity index (χ1v) is 13.6. The fourth-order valence-corrected chi connectivity index (χ4v) is 4.59. The Labute approximate surface area is 238 Å². The average Bonchev–Trinajstić information content (AvgIpc) is 2.90. The fraction of sp³-hybridized carbons (Fsp3) is 0.211. The second-order valence-electron chi connectivity index (χ2n) is 11.8. The first-order valence-electron chi connectivity index (χ1n) is 13.6. The molecule has 0 radical (unpaired) electrons. The number of rotatable bonds is 2. The van der Waals surface area contributed by atoms with E-state index in [0.29, 0.717) is 0 Å². The molecule has 0 fully saturated rings. The van der Waals surface area contributed by atoms with Crippen molar-refractivity contribution in [2.75, 3.05) is 0 Å². The van der Waals surface area contributed by atoms with Crippen molar-refractivity contribution in [1.82, 2.24) is 0 Å². The van der Waals surface area contributed by atoms with Crippen molar-refractivity contribution in [3.8, 4) is 35.2 Å². The van der Waals surface area contributed by atoms with Crippen LogP contribution in [0.1, 0.15) is 63.8 Å². The molecular weight excluding hydrogens is 488 g/mol. The first-order chi connectivity index (χ1) is 19.1. The molecule has 5 aromatic carbocycles. The number of ether oxygens (including phenoxy) is 2. The molecule has 2 heteroatoms. The van der Waals surface area contributed by atoms with Gasteiger partial charge in [0.2, 0.25) is 0 Å². The van der Waals surface area contributed by atoms with Crippen LogP contribution in [0.5, 0.6) is 11.5 Å². The molecule has 0 saturated heterocycles. The number of benzene rings is 5. The Morgan fingerprint density at radius 1 is 0.400 bits per heavy atom. The van der Waals surface area contributed by atoms with Crippen LogP contribution in [-0.4, -0.2) is 11.2 Å². The molecule has 0 saturated carbocycles. The van der Waals surface area contributed by atoms with E-state index in [9.17, 15) is 0 Å². The van der Waals surface area contributed by atoms with Gasteiger partial charge in [-0.2, -0.15) is 0 Å². The lowest BCUT2D eigenvalue weighted by molar-refractivity contribution is 0.130. The van der Waals surface area contributed by atoms with E-state index in [-0.39, 0.29) is 11.2 Å². The van der Waals surface area contributed by atoms with Crippen molar-refractivity contribution < 1.29 is 9.47 Å². The summed E-state index contributed by atoms with van der Waals surface area (Å²) in [5.74, 6) is 15.4. The van der Waals surface area contributed by atoms with E-state index < -0.39 is 0 Å². The van der Waals surface area contributed by atoms with Crippen LogP contribution in [-0.2, 0) is 0 Å². The molecule has 0 heterocycles. The summed E-state index contributed by atoms with van der Waals surface area (Å²) in [5.41, 5.74) is 3.43. The molecule has 0 atom stereocenters. The molecule has 2 nitrogen and oxygen atoms in total. The summed E-state index contributed by atoms with van der Waals surface area (Å²) in [4.78, 5) is 0. The lowest BCUT2D eigenvalue weighted by Crippen LogP contribution is -2.22. The van der Waals surface area contributed by atoms with Gasteiger partial charge in [-0.15, -0.1) is 0 Å². The van der Waals surface area contributed by atoms with Gasteiger partial charge in [-0.25, -0.2) is 0 Å². The molecule has 5 aromatic rings. The number of fused-ring (bicyclic) bond motifs is 2. The maximum atomic E-state index is 5.96. The summed E-state index contributed by atoms with van der Waals surface area (Å²) in [7, 11) is 0. The predicted molar refractivity (Wildman–Crippen MR) is 167 cm³/mol. The van der Waals surface area contributed by atoms with Crippen LogP contribution in [0.25, 0.3) is 21.5 Å². The van der Waals surface area contributed by atoms with Crippen molar-refractivity contribution in [1.29, 1.82) is 0 Å². The van der Waals surface area contributed by atoms with Crippen LogP contribution in [0, 0.1) is 23.7 Å². The fourth-order valence-electron chi connectivity index (χ4n) is 4.59. The minimum absolute atomic E-state index is 0.236. The molecule has 0 aliphatic heterocycles. The van der Waals surface area contributed by atoms with Crippen molar-refractivity contribution in [2.45, 2.75) is 52.7 Å². The standard InChI is InChI=1S/C38H34O2/c1-37(2,3)39-29-21-15-27(16-22-29)19-25-35-31-11-7-9-13-33(31)36(34-14-10-8-12-32(34)35)26-20-28-17-23-30(24-18-28)40-38(4,5)6/h7-18,21-24H,1-6H3. The Bertz CT molecular complexity index is 1600. The van der Waals surface area contributed by atoms with E-state index in [0.717, 1.165) is 55.3 Å². The summed E-state index contributed by atoms with van der Waals surface area (Å²) in [6.07, 6.45) is 0. The van der Waals surface area contributed by atoms with Crippen LogP contribution in [0.4, 0.5) is 0 Å². The van der Waals surface area contributed by atoms with Gasteiger partial charge < -0.3 is 9.47 Å². The molecule has 0 amide bonds. The van der Waals surface area contributed by atoms with Crippen LogP contribution >= 0.6 is 0 Å². The average molecular weight is 523 g/mol. The SMILES string of the molecule is CC(C)(C)Oc1ccc(C#Cc2c3ccccc3c(C#Cc3ccc(OC(C)(C)C)cc3)c3ccccc23)cc1. The smallest absolute Gasteiger partial charge is 0.120 e. The van der Waals surface area contributed by atoms with Gasteiger partial charge in [0.15, 0.2) is 0 Å². The topological polar surface area (TPSA) is 18.5 Å². The highest BCUT2D eigenvalue weighted by Crippen LogP contribution is 2.32. The normalized spacial score (nSPS) is 11.3. The van der Waals surface area contributed by atoms with Gasteiger partial charge in [-0.3, -0.25) is 0 Å². The molecule has 0 aromatic heterocycles. The lowest BCUT2D eigenvalue weighted by Gasteiger charge is -2.21. The zero-order valence-electron chi connectivity index (χ0n) is 24.1. The van der Waals surface area contributed by atoms with E-state index in [2.05, 4.69) is 72.2 Å². The Morgan fingerprint density at radius 3 is 0.975 bits per heavy atom. The van der Waals surface area contributed by atoms with Gasteiger partial charge in [-0.1, -0.05) is 72.2 Å². The summed E-state index contributed by atoms with van der Waals surface area (Å²) < 4.78 is 11.9. The van der Waals surface area contributed by atoms with E-state index >= 15 is 0 Å². The van der Waals surface area contributed by atoms with E-state index in [4.69, 9.17) is 9.47 Å². The number of hydrogen-bond acceptors (Lipinski definition) is 2. The Balaban J connectivity index is 1.56. The van der Waals surface area contributed by atoms with Gasteiger partial charge in [0, 0.05) is 22.3 Å². The van der Waals surface area contributed by atoms with Gasteiger partial charge in [0.05, 0.1) is 0 Å². The van der Waals surface area contributed by atoms with Crippen molar-refractivity contribution >= 4 is 21.5 Å². The van der Waals surface area contributed by atoms with Gasteiger partial charge in [0.1, 0.15) is 22.7 Å². The van der Waals surface area contributed by atoms with E-state index in [1.165, 1.54) is 0 Å². The van der Waals surface area contributed by atoms with Gasteiger partial charge in [-0.05, 0) is 112 Å². The maximum absolute atomic E-state index is 5.96.